The van der Waals surface area contributed by atoms with E-state index in [4.69, 9.17) is 4.74 Å². The van der Waals surface area contributed by atoms with Crippen LogP contribution in [0, 0.1) is 20.8 Å². The van der Waals surface area contributed by atoms with E-state index in [1.807, 2.05) is 45.0 Å². The Balaban J connectivity index is 2.05. The molecule has 0 unspecified atom stereocenters. The van der Waals surface area contributed by atoms with E-state index >= 15 is 0 Å². The molecule has 138 valence electrons. The van der Waals surface area contributed by atoms with Crippen molar-refractivity contribution in [1.29, 1.82) is 0 Å². The summed E-state index contributed by atoms with van der Waals surface area (Å²) in [5, 5.41) is 2.92. The number of hydrogen-bond donors (Lipinski definition) is 1. The molecule has 5 nitrogen and oxygen atoms in total. The van der Waals surface area contributed by atoms with Crippen molar-refractivity contribution in [2.45, 2.75) is 27.4 Å². The summed E-state index contributed by atoms with van der Waals surface area (Å²) in [4.78, 5) is 26.4. The topological polar surface area (TPSA) is 58.6 Å². The summed E-state index contributed by atoms with van der Waals surface area (Å²) in [6.07, 6.45) is 0. The second-order valence-corrected chi connectivity index (χ2v) is 6.62. The fourth-order valence-electron chi connectivity index (χ4n) is 3.02. The van der Waals surface area contributed by atoms with Gasteiger partial charge in [0.15, 0.2) is 0 Å². The van der Waals surface area contributed by atoms with Crippen molar-refractivity contribution in [3.05, 3.63) is 64.2 Å². The standard InChI is InChI=1S/C21H26N2O3/c1-14-9-15(2)20(16(3)10-14)22-19(24)12-23(4)21(25)18-8-6-7-17(11-18)13-26-5/h6-11H,12-13H2,1-5H3,(H,22,24). The molecule has 0 atom stereocenters. The van der Waals surface area contributed by atoms with Crippen molar-refractivity contribution in [2.75, 3.05) is 26.0 Å². The molecule has 0 radical (unpaired) electrons. The summed E-state index contributed by atoms with van der Waals surface area (Å²) >= 11 is 0. The van der Waals surface area contributed by atoms with Crippen molar-refractivity contribution < 1.29 is 14.3 Å². The van der Waals surface area contributed by atoms with Crippen LogP contribution in [-0.4, -0.2) is 37.4 Å². The summed E-state index contributed by atoms with van der Waals surface area (Å²) < 4.78 is 5.10. The van der Waals surface area contributed by atoms with Gasteiger partial charge in [-0.15, -0.1) is 0 Å². The molecule has 1 N–H and O–H groups in total. The summed E-state index contributed by atoms with van der Waals surface area (Å²) in [7, 11) is 3.24. The molecule has 0 fully saturated rings. The number of methoxy groups -OCH3 is 1. The molecule has 0 aliphatic rings. The minimum atomic E-state index is -0.219. The van der Waals surface area contributed by atoms with E-state index in [0.29, 0.717) is 12.2 Å². The molecule has 5 heteroatoms. The highest BCUT2D eigenvalue weighted by atomic mass is 16.5. The minimum absolute atomic E-state index is 0.0138. The van der Waals surface area contributed by atoms with Crippen LogP contribution in [0.5, 0.6) is 0 Å². The lowest BCUT2D eigenvalue weighted by Gasteiger charge is -2.19. The number of benzene rings is 2. The molecule has 2 amide bonds. The number of aryl methyl sites for hydroxylation is 3. The van der Waals surface area contributed by atoms with Crippen LogP contribution in [0.3, 0.4) is 0 Å². The first-order chi connectivity index (χ1) is 12.3. The van der Waals surface area contributed by atoms with Crippen molar-refractivity contribution in [3.8, 4) is 0 Å². The lowest BCUT2D eigenvalue weighted by Crippen LogP contribution is -2.35. The molecule has 0 heterocycles. The minimum Gasteiger partial charge on any atom is -0.380 e. The zero-order valence-corrected chi connectivity index (χ0v) is 16.1. The Morgan fingerprint density at radius 1 is 1.08 bits per heavy atom. The zero-order chi connectivity index (χ0) is 19.3. The number of carbonyl (C=O) groups is 2. The molecule has 0 bridgehead atoms. The van der Waals surface area contributed by atoms with Gasteiger partial charge in [-0.25, -0.2) is 0 Å². The van der Waals surface area contributed by atoms with Gasteiger partial charge >= 0.3 is 0 Å². The Bertz CT molecular complexity index is 792. The lowest BCUT2D eigenvalue weighted by molar-refractivity contribution is -0.116. The molecule has 2 rings (SSSR count). The first-order valence-electron chi connectivity index (χ1n) is 8.53. The van der Waals surface area contributed by atoms with Gasteiger partial charge in [0, 0.05) is 25.4 Å². The second-order valence-electron chi connectivity index (χ2n) is 6.62. The SMILES string of the molecule is COCc1cccc(C(=O)N(C)CC(=O)Nc2c(C)cc(C)cc2C)c1. The first-order valence-corrected chi connectivity index (χ1v) is 8.53. The van der Waals surface area contributed by atoms with Gasteiger partial charge in [-0.1, -0.05) is 29.8 Å². The van der Waals surface area contributed by atoms with Gasteiger partial charge < -0.3 is 15.0 Å². The highest BCUT2D eigenvalue weighted by molar-refractivity contribution is 5.99. The maximum atomic E-state index is 12.6. The predicted molar refractivity (Wildman–Crippen MR) is 103 cm³/mol. The van der Waals surface area contributed by atoms with Crippen LogP contribution in [0.25, 0.3) is 0 Å². The van der Waals surface area contributed by atoms with Crippen molar-refractivity contribution >= 4 is 17.5 Å². The van der Waals surface area contributed by atoms with Gasteiger partial charge in [0.2, 0.25) is 5.91 Å². The zero-order valence-electron chi connectivity index (χ0n) is 16.1. The first kappa shape index (κ1) is 19.7. The molecular formula is C21H26N2O3. The van der Waals surface area contributed by atoms with Crippen LogP contribution in [0.15, 0.2) is 36.4 Å². The molecular weight excluding hydrogens is 328 g/mol. The number of amides is 2. The van der Waals surface area contributed by atoms with Crippen LogP contribution >= 0.6 is 0 Å². The van der Waals surface area contributed by atoms with Gasteiger partial charge in [-0.2, -0.15) is 0 Å². The van der Waals surface area contributed by atoms with Gasteiger partial charge in [0.25, 0.3) is 5.91 Å². The second kappa shape index (κ2) is 8.63. The van der Waals surface area contributed by atoms with Gasteiger partial charge in [0.05, 0.1) is 13.2 Å². The summed E-state index contributed by atoms with van der Waals surface area (Å²) in [6, 6.07) is 11.3. The Kier molecular flexibility index (Phi) is 6.52. The van der Waals surface area contributed by atoms with E-state index in [-0.39, 0.29) is 18.4 Å². The summed E-state index contributed by atoms with van der Waals surface area (Å²) in [6.45, 7) is 6.38. The van der Waals surface area contributed by atoms with Crippen LogP contribution in [-0.2, 0) is 16.1 Å². The largest absolute Gasteiger partial charge is 0.380 e. The third-order valence-electron chi connectivity index (χ3n) is 4.15. The molecule has 0 saturated heterocycles. The molecule has 0 saturated carbocycles. The third-order valence-corrected chi connectivity index (χ3v) is 4.15. The Hall–Kier alpha value is -2.66. The number of likely N-dealkylation sites (N-methyl/N-ethyl adjacent to an activating group) is 1. The van der Waals surface area contributed by atoms with E-state index in [1.54, 1.807) is 26.3 Å². The van der Waals surface area contributed by atoms with E-state index in [2.05, 4.69) is 5.32 Å². The molecule has 2 aromatic rings. The lowest BCUT2D eigenvalue weighted by atomic mass is 10.1. The number of nitrogens with one attached hydrogen (secondary N) is 1. The molecule has 0 aliphatic carbocycles. The Morgan fingerprint density at radius 2 is 1.73 bits per heavy atom. The number of anilines is 1. The fraction of sp³-hybridized carbons (Fsp3) is 0.333. The normalized spacial score (nSPS) is 10.5. The van der Waals surface area contributed by atoms with Crippen molar-refractivity contribution in [3.63, 3.8) is 0 Å². The smallest absolute Gasteiger partial charge is 0.254 e. The maximum absolute atomic E-state index is 12.6. The number of rotatable bonds is 6. The molecule has 0 aromatic heterocycles. The van der Waals surface area contributed by atoms with E-state index in [1.165, 1.54) is 4.90 Å². The van der Waals surface area contributed by atoms with Crippen LogP contribution in [0.2, 0.25) is 0 Å². The molecule has 2 aromatic carbocycles. The van der Waals surface area contributed by atoms with Crippen molar-refractivity contribution in [2.24, 2.45) is 0 Å². The van der Waals surface area contributed by atoms with Crippen molar-refractivity contribution in [1.82, 2.24) is 4.90 Å². The average molecular weight is 354 g/mol. The number of ether oxygens (including phenoxy) is 1. The van der Waals surface area contributed by atoms with Gasteiger partial charge in [0.1, 0.15) is 0 Å². The van der Waals surface area contributed by atoms with E-state index in [0.717, 1.165) is 27.9 Å². The van der Waals surface area contributed by atoms with Crippen LogP contribution in [0.4, 0.5) is 5.69 Å². The van der Waals surface area contributed by atoms with Crippen LogP contribution < -0.4 is 5.32 Å². The summed E-state index contributed by atoms with van der Waals surface area (Å²) in [5.41, 5.74) is 5.44. The molecule has 0 aliphatic heterocycles. The predicted octanol–water partition coefficient (Wildman–Crippen LogP) is 3.47. The highest BCUT2D eigenvalue weighted by Crippen LogP contribution is 2.21. The summed E-state index contributed by atoms with van der Waals surface area (Å²) in [5.74, 6) is -0.417. The molecule has 0 spiro atoms. The fourth-order valence-corrected chi connectivity index (χ4v) is 3.02. The Labute approximate surface area is 155 Å². The average Bonchev–Trinajstić information content (AvgIpc) is 2.58. The monoisotopic (exact) mass is 354 g/mol. The van der Waals surface area contributed by atoms with Gasteiger partial charge in [-0.3, -0.25) is 9.59 Å². The van der Waals surface area contributed by atoms with Crippen LogP contribution in [0.1, 0.15) is 32.6 Å². The van der Waals surface area contributed by atoms with Gasteiger partial charge in [-0.05, 0) is 49.6 Å². The maximum Gasteiger partial charge on any atom is 0.254 e. The van der Waals surface area contributed by atoms with E-state index in [9.17, 15) is 9.59 Å². The Morgan fingerprint density at radius 3 is 2.35 bits per heavy atom. The third kappa shape index (κ3) is 4.92. The number of hydrogen-bond acceptors (Lipinski definition) is 3. The highest BCUT2D eigenvalue weighted by Gasteiger charge is 2.16. The number of carbonyl (C=O) groups excluding carboxylic acids is 2. The number of nitrogens with zero attached hydrogens (tertiary/aromatic N) is 1. The molecule has 26 heavy (non-hydrogen) atoms. The van der Waals surface area contributed by atoms with E-state index < -0.39 is 0 Å². The quantitative estimate of drug-likeness (QED) is 0.864.